The normalized spacial score (nSPS) is 10.2. The highest BCUT2D eigenvalue weighted by Crippen LogP contribution is 2.20. The number of carbonyl (C=O) groups is 1. The summed E-state index contributed by atoms with van der Waals surface area (Å²) in [5.41, 5.74) is 11.7. The molecule has 0 radical (unpaired) electrons. The third-order valence-electron chi connectivity index (χ3n) is 2.02. The molecule has 0 aliphatic rings. The predicted octanol–water partition coefficient (Wildman–Crippen LogP) is 1.70. The van der Waals surface area contributed by atoms with Crippen LogP contribution < -0.4 is 16.8 Å². The summed E-state index contributed by atoms with van der Waals surface area (Å²) in [4.78, 5) is 15.5. The van der Waals surface area contributed by atoms with Crippen molar-refractivity contribution in [3.8, 4) is 0 Å². The molecule has 7 heteroatoms. The highest BCUT2D eigenvalue weighted by molar-refractivity contribution is 7.13. The number of nitrogens with one attached hydrogen (secondary N) is 1. The summed E-state index contributed by atoms with van der Waals surface area (Å²) >= 11 is 1.15. The van der Waals surface area contributed by atoms with Crippen LogP contribution in [0.3, 0.4) is 0 Å². The summed E-state index contributed by atoms with van der Waals surface area (Å²) in [5, 5.41) is 4.27. The van der Waals surface area contributed by atoms with Gasteiger partial charge in [0.1, 0.15) is 11.5 Å². The van der Waals surface area contributed by atoms with Gasteiger partial charge in [-0.25, -0.2) is 9.37 Å². The molecule has 5 N–H and O–H groups in total. The zero-order chi connectivity index (χ0) is 12.4. The Morgan fingerprint density at radius 1 is 1.41 bits per heavy atom. The fraction of sp³-hybridized carbons (Fsp3) is 0. The van der Waals surface area contributed by atoms with E-state index in [1.54, 1.807) is 0 Å². The number of hydrogen-bond donors (Lipinski definition) is 3. The molecule has 0 saturated heterocycles. The summed E-state index contributed by atoms with van der Waals surface area (Å²) in [6, 6.07) is 3.73. The molecule has 88 valence electrons. The summed E-state index contributed by atoms with van der Waals surface area (Å²) in [6.45, 7) is 0. The lowest BCUT2D eigenvalue weighted by molar-refractivity contribution is 0.102. The monoisotopic (exact) mass is 252 g/mol. The van der Waals surface area contributed by atoms with Crippen molar-refractivity contribution in [2.75, 3.05) is 16.8 Å². The SMILES string of the molecule is Nc1nc(C(=O)Nc2cc(F)ccc2N)cs1. The van der Waals surface area contributed by atoms with Crippen molar-refractivity contribution in [2.45, 2.75) is 0 Å². The van der Waals surface area contributed by atoms with E-state index in [-0.39, 0.29) is 17.1 Å². The Hall–Kier alpha value is -2.15. The lowest BCUT2D eigenvalue weighted by Gasteiger charge is -2.06. The van der Waals surface area contributed by atoms with Crippen LogP contribution in [0.5, 0.6) is 0 Å². The van der Waals surface area contributed by atoms with Crippen LogP contribution in [-0.4, -0.2) is 10.9 Å². The van der Waals surface area contributed by atoms with E-state index in [1.807, 2.05) is 0 Å². The molecule has 1 aromatic heterocycles. The van der Waals surface area contributed by atoms with Gasteiger partial charge in [-0.05, 0) is 18.2 Å². The van der Waals surface area contributed by atoms with Crippen molar-refractivity contribution >= 4 is 33.8 Å². The Kier molecular flexibility index (Phi) is 2.92. The van der Waals surface area contributed by atoms with Gasteiger partial charge in [-0.3, -0.25) is 4.79 Å². The number of aromatic nitrogens is 1. The first-order valence-electron chi connectivity index (χ1n) is 4.63. The number of rotatable bonds is 2. The van der Waals surface area contributed by atoms with Gasteiger partial charge in [-0.2, -0.15) is 0 Å². The minimum Gasteiger partial charge on any atom is -0.397 e. The fourth-order valence-electron chi connectivity index (χ4n) is 1.22. The number of nitrogens with two attached hydrogens (primary N) is 2. The van der Waals surface area contributed by atoms with Crippen molar-refractivity contribution in [1.29, 1.82) is 0 Å². The van der Waals surface area contributed by atoms with Crippen molar-refractivity contribution in [3.05, 3.63) is 35.1 Å². The third kappa shape index (κ3) is 2.51. The van der Waals surface area contributed by atoms with Gasteiger partial charge in [-0.1, -0.05) is 0 Å². The predicted molar refractivity (Wildman–Crippen MR) is 65.3 cm³/mol. The van der Waals surface area contributed by atoms with Crippen LogP contribution in [0.2, 0.25) is 0 Å². The van der Waals surface area contributed by atoms with Gasteiger partial charge in [0.15, 0.2) is 5.13 Å². The molecule has 17 heavy (non-hydrogen) atoms. The Morgan fingerprint density at radius 2 is 2.18 bits per heavy atom. The second kappa shape index (κ2) is 4.38. The van der Waals surface area contributed by atoms with Crippen molar-refractivity contribution < 1.29 is 9.18 Å². The van der Waals surface area contributed by atoms with Crippen molar-refractivity contribution in [1.82, 2.24) is 4.98 Å². The highest BCUT2D eigenvalue weighted by atomic mass is 32.1. The molecule has 0 aliphatic carbocycles. The highest BCUT2D eigenvalue weighted by Gasteiger charge is 2.11. The number of carbonyl (C=O) groups excluding carboxylic acids is 1. The van der Waals surface area contributed by atoms with Crippen LogP contribution in [-0.2, 0) is 0 Å². The van der Waals surface area contributed by atoms with E-state index in [0.29, 0.717) is 5.13 Å². The van der Waals surface area contributed by atoms with Gasteiger partial charge >= 0.3 is 0 Å². The van der Waals surface area contributed by atoms with E-state index < -0.39 is 11.7 Å². The van der Waals surface area contributed by atoms with E-state index in [0.717, 1.165) is 17.4 Å². The lowest BCUT2D eigenvalue weighted by atomic mass is 10.2. The second-order valence-electron chi connectivity index (χ2n) is 3.26. The van der Waals surface area contributed by atoms with Crippen LogP contribution in [0.15, 0.2) is 23.6 Å². The Balaban J connectivity index is 2.21. The first-order valence-corrected chi connectivity index (χ1v) is 5.51. The smallest absolute Gasteiger partial charge is 0.275 e. The zero-order valence-corrected chi connectivity index (χ0v) is 9.42. The molecular weight excluding hydrogens is 243 g/mol. The van der Waals surface area contributed by atoms with Crippen LogP contribution in [0.25, 0.3) is 0 Å². The molecule has 1 heterocycles. The lowest BCUT2D eigenvalue weighted by Crippen LogP contribution is -2.13. The van der Waals surface area contributed by atoms with Crippen LogP contribution in [0, 0.1) is 5.82 Å². The molecule has 0 fully saturated rings. The third-order valence-corrected chi connectivity index (χ3v) is 2.69. The second-order valence-corrected chi connectivity index (χ2v) is 4.15. The maximum atomic E-state index is 13.0. The molecule has 2 rings (SSSR count). The van der Waals surface area contributed by atoms with Gasteiger partial charge in [0.25, 0.3) is 5.91 Å². The van der Waals surface area contributed by atoms with E-state index in [4.69, 9.17) is 11.5 Å². The number of benzene rings is 1. The van der Waals surface area contributed by atoms with Gasteiger partial charge in [0.2, 0.25) is 0 Å². The van der Waals surface area contributed by atoms with E-state index in [9.17, 15) is 9.18 Å². The maximum absolute atomic E-state index is 13.0. The first kappa shape index (κ1) is 11.3. The van der Waals surface area contributed by atoms with Crippen LogP contribution >= 0.6 is 11.3 Å². The Labute approximate surface area is 100 Å². The summed E-state index contributed by atoms with van der Waals surface area (Å²) < 4.78 is 13.0. The number of thiazole rings is 1. The maximum Gasteiger partial charge on any atom is 0.275 e. The van der Waals surface area contributed by atoms with Crippen molar-refractivity contribution in [2.24, 2.45) is 0 Å². The minimum atomic E-state index is -0.479. The molecule has 0 saturated carbocycles. The number of nitrogens with zero attached hydrogens (tertiary/aromatic N) is 1. The van der Waals surface area contributed by atoms with E-state index in [1.165, 1.54) is 17.5 Å². The molecule has 5 nitrogen and oxygen atoms in total. The van der Waals surface area contributed by atoms with E-state index in [2.05, 4.69) is 10.3 Å². The van der Waals surface area contributed by atoms with Gasteiger partial charge in [0.05, 0.1) is 11.4 Å². The number of halogens is 1. The molecule has 0 bridgehead atoms. The number of anilines is 3. The quantitative estimate of drug-likeness (QED) is 0.709. The molecule has 0 spiro atoms. The summed E-state index contributed by atoms with van der Waals surface area (Å²) in [7, 11) is 0. The van der Waals surface area contributed by atoms with Gasteiger partial charge in [-0.15, -0.1) is 11.3 Å². The number of nitrogen functional groups attached to an aromatic ring is 2. The van der Waals surface area contributed by atoms with Gasteiger partial charge in [0, 0.05) is 5.38 Å². The average Bonchev–Trinajstić information content (AvgIpc) is 2.70. The van der Waals surface area contributed by atoms with E-state index >= 15 is 0 Å². The summed E-state index contributed by atoms with van der Waals surface area (Å²) in [5.74, 6) is -0.956. The minimum absolute atomic E-state index is 0.177. The Morgan fingerprint density at radius 3 is 2.82 bits per heavy atom. The average molecular weight is 252 g/mol. The van der Waals surface area contributed by atoms with Crippen LogP contribution in [0.4, 0.5) is 20.9 Å². The molecule has 1 amide bonds. The molecular formula is C10H9FN4OS. The molecule has 1 aromatic carbocycles. The zero-order valence-electron chi connectivity index (χ0n) is 8.61. The Bertz CT molecular complexity index is 569. The number of hydrogen-bond acceptors (Lipinski definition) is 5. The molecule has 0 aliphatic heterocycles. The van der Waals surface area contributed by atoms with Crippen molar-refractivity contribution in [3.63, 3.8) is 0 Å². The molecule has 0 atom stereocenters. The standard InChI is InChI=1S/C10H9FN4OS/c11-5-1-2-6(12)7(3-5)14-9(16)8-4-17-10(13)15-8/h1-4H,12H2,(H2,13,15)(H,14,16). The topological polar surface area (TPSA) is 94.0 Å². The largest absolute Gasteiger partial charge is 0.397 e. The van der Waals surface area contributed by atoms with Gasteiger partial charge < -0.3 is 16.8 Å². The molecule has 2 aromatic rings. The number of amides is 1. The molecule has 0 unspecified atom stereocenters. The van der Waals surface area contributed by atoms with Crippen LogP contribution in [0.1, 0.15) is 10.5 Å². The summed E-state index contributed by atoms with van der Waals surface area (Å²) in [6.07, 6.45) is 0. The first-order chi connectivity index (χ1) is 8.06. The fourth-order valence-corrected chi connectivity index (χ4v) is 1.76.